The van der Waals surface area contributed by atoms with Gasteiger partial charge in [-0.25, -0.2) is 4.39 Å². The molecule has 1 saturated carbocycles. The standard InChI is InChI=1S/C12H16FN/c1-9-5-4-8-11(9)14-12-7-3-2-6-10(12)13/h2-3,6-7,9,11,14H,4-5,8H2,1H3/t9-,11-/m0/s1. The van der Waals surface area contributed by atoms with E-state index in [0.717, 1.165) is 6.42 Å². The van der Waals surface area contributed by atoms with E-state index in [2.05, 4.69) is 12.2 Å². The van der Waals surface area contributed by atoms with Gasteiger partial charge in [0.05, 0.1) is 5.69 Å². The van der Waals surface area contributed by atoms with Crippen LogP contribution in [0.5, 0.6) is 0 Å². The van der Waals surface area contributed by atoms with Gasteiger partial charge >= 0.3 is 0 Å². The van der Waals surface area contributed by atoms with Gasteiger partial charge in [0, 0.05) is 6.04 Å². The van der Waals surface area contributed by atoms with E-state index in [9.17, 15) is 4.39 Å². The monoisotopic (exact) mass is 193 g/mol. The number of rotatable bonds is 2. The van der Waals surface area contributed by atoms with Gasteiger partial charge in [0.25, 0.3) is 0 Å². The van der Waals surface area contributed by atoms with Gasteiger partial charge in [-0.2, -0.15) is 0 Å². The van der Waals surface area contributed by atoms with Crippen molar-refractivity contribution in [2.45, 2.75) is 32.2 Å². The summed E-state index contributed by atoms with van der Waals surface area (Å²) in [6.07, 6.45) is 3.68. The molecular weight excluding hydrogens is 177 g/mol. The fraction of sp³-hybridized carbons (Fsp3) is 0.500. The summed E-state index contributed by atoms with van der Waals surface area (Å²) in [7, 11) is 0. The number of para-hydroxylation sites is 1. The van der Waals surface area contributed by atoms with Crippen LogP contribution in [-0.4, -0.2) is 6.04 Å². The zero-order valence-corrected chi connectivity index (χ0v) is 8.46. The van der Waals surface area contributed by atoms with Crippen molar-refractivity contribution in [2.75, 3.05) is 5.32 Å². The van der Waals surface area contributed by atoms with Gasteiger partial charge in [-0.05, 0) is 30.9 Å². The molecule has 0 aliphatic heterocycles. The first kappa shape index (κ1) is 9.50. The summed E-state index contributed by atoms with van der Waals surface area (Å²) in [5.74, 6) is 0.515. The Kier molecular flexibility index (Phi) is 2.71. The molecule has 76 valence electrons. The Morgan fingerprint density at radius 3 is 2.71 bits per heavy atom. The highest BCUT2D eigenvalue weighted by molar-refractivity contribution is 5.45. The Morgan fingerprint density at radius 2 is 2.07 bits per heavy atom. The van der Waals surface area contributed by atoms with Crippen molar-refractivity contribution in [3.05, 3.63) is 30.1 Å². The first-order chi connectivity index (χ1) is 6.77. The summed E-state index contributed by atoms with van der Waals surface area (Å²) >= 11 is 0. The normalized spacial score (nSPS) is 26.4. The predicted molar refractivity (Wildman–Crippen MR) is 56.8 cm³/mol. The molecule has 1 aliphatic carbocycles. The van der Waals surface area contributed by atoms with Crippen LogP contribution >= 0.6 is 0 Å². The van der Waals surface area contributed by atoms with E-state index in [0.29, 0.717) is 17.6 Å². The van der Waals surface area contributed by atoms with Crippen LogP contribution in [0.25, 0.3) is 0 Å². The molecule has 2 rings (SSSR count). The molecule has 0 heterocycles. The maximum absolute atomic E-state index is 13.3. The Morgan fingerprint density at radius 1 is 1.29 bits per heavy atom. The van der Waals surface area contributed by atoms with Crippen LogP contribution in [0.2, 0.25) is 0 Å². The van der Waals surface area contributed by atoms with Gasteiger partial charge in [-0.15, -0.1) is 0 Å². The highest BCUT2D eigenvalue weighted by Crippen LogP contribution is 2.28. The average Bonchev–Trinajstić information content (AvgIpc) is 2.56. The summed E-state index contributed by atoms with van der Waals surface area (Å²) in [6.45, 7) is 2.23. The molecule has 1 aromatic rings. The van der Waals surface area contributed by atoms with E-state index in [-0.39, 0.29) is 5.82 Å². The molecular formula is C12H16FN. The lowest BCUT2D eigenvalue weighted by Gasteiger charge is -2.18. The van der Waals surface area contributed by atoms with E-state index in [1.54, 1.807) is 12.1 Å². The van der Waals surface area contributed by atoms with Crippen molar-refractivity contribution < 1.29 is 4.39 Å². The van der Waals surface area contributed by atoms with E-state index in [1.807, 2.05) is 6.07 Å². The third-order valence-electron chi connectivity index (χ3n) is 3.08. The topological polar surface area (TPSA) is 12.0 Å². The van der Waals surface area contributed by atoms with Crippen molar-refractivity contribution in [3.8, 4) is 0 Å². The largest absolute Gasteiger partial charge is 0.380 e. The van der Waals surface area contributed by atoms with Crippen LogP contribution in [-0.2, 0) is 0 Å². The molecule has 0 amide bonds. The Bertz CT molecular complexity index is 311. The van der Waals surface area contributed by atoms with Crippen LogP contribution in [0, 0.1) is 11.7 Å². The van der Waals surface area contributed by atoms with E-state index in [1.165, 1.54) is 18.9 Å². The fourth-order valence-corrected chi connectivity index (χ4v) is 2.14. The molecule has 2 atom stereocenters. The lowest BCUT2D eigenvalue weighted by Crippen LogP contribution is -2.22. The summed E-state index contributed by atoms with van der Waals surface area (Å²) < 4.78 is 13.3. The van der Waals surface area contributed by atoms with Crippen LogP contribution < -0.4 is 5.32 Å². The Balaban J connectivity index is 2.07. The Labute approximate surface area is 84.3 Å². The second-order valence-electron chi connectivity index (χ2n) is 4.14. The van der Waals surface area contributed by atoms with Gasteiger partial charge in [0.15, 0.2) is 0 Å². The van der Waals surface area contributed by atoms with Gasteiger partial charge in [-0.1, -0.05) is 25.5 Å². The molecule has 0 saturated heterocycles. The first-order valence-corrected chi connectivity index (χ1v) is 5.28. The highest BCUT2D eigenvalue weighted by atomic mass is 19.1. The SMILES string of the molecule is C[C@H]1CCC[C@@H]1Nc1ccccc1F. The molecule has 1 fully saturated rings. The number of halogens is 1. The molecule has 1 N–H and O–H groups in total. The summed E-state index contributed by atoms with van der Waals surface area (Å²) in [6, 6.07) is 7.35. The quantitative estimate of drug-likeness (QED) is 0.758. The molecule has 0 bridgehead atoms. The molecule has 0 unspecified atom stereocenters. The third-order valence-corrected chi connectivity index (χ3v) is 3.08. The smallest absolute Gasteiger partial charge is 0.146 e. The second kappa shape index (κ2) is 3.99. The average molecular weight is 193 g/mol. The molecule has 1 aromatic carbocycles. The fourth-order valence-electron chi connectivity index (χ4n) is 2.14. The minimum Gasteiger partial charge on any atom is -0.380 e. The van der Waals surface area contributed by atoms with Gasteiger partial charge in [0.2, 0.25) is 0 Å². The maximum atomic E-state index is 13.3. The van der Waals surface area contributed by atoms with Crippen molar-refractivity contribution in [2.24, 2.45) is 5.92 Å². The lowest BCUT2D eigenvalue weighted by molar-refractivity contribution is 0.549. The zero-order chi connectivity index (χ0) is 9.97. The molecule has 14 heavy (non-hydrogen) atoms. The second-order valence-corrected chi connectivity index (χ2v) is 4.14. The number of hydrogen-bond acceptors (Lipinski definition) is 1. The van der Waals surface area contributed by atoms with Crippen molar-refractivity contribution in [1.82, 2.24) is 0 Å². The predicted octanol–water partition coefficient (Wildman–Crippen LogP) is 3.43. The third kappa shape index (κ3) is 1.89. The molecule has 2 heteroatoms. The van der Waals surface area contributed by atoms with Crippen molar-refractivity contribution in [1.29, 1.82) is 0 Å². The van der Waals surface area contributed by atoms with E-state index in [4.69, 9.17) is 0 Å². The minimum absolute atomic E-state index is 0.147. The number of benzene rings is 1. The maximum Gasteiger partial charge on any atom is 0.146 e. The molecule has 0 radical (unpaired) electrons. The molecule has 1 aliphatic rings. The zero-order valence-electron chi connectivity index (χ0n) is 8.46. The van der Waals surface area contributed by atoms with Crippen LogP contribution in [0.15, 0.2) is 24.3 Å². The highest BCUT2D eigenvalue weighted by Gasteiger charge is 2.23. The Hall–Kier alpha value is -1.05. The van der Waals surface area contributed by atoms with Crippen LogP contribution in [0.1, 0.15) is 26.2 Å². The van der Waals surface area contributed by atoms with E-state index >= 15 is 0 Å². The minimum atomic E-state index is -0.147. The van der Waals surface area contributed by atoms with Crippen molar-refractivity contribution >= 4 is 5.69 Å². The molecule has 1 nitrogen and oxygen atoms in total. The van der Waals surface area contributed by atoms with Crippen molar-refractivity contribution in [3.63, 3.8) is 0 Å². The molecule has 0 aromatic heterocycles. The number of nitrogens with one attached hydrogen (secondary N) is 1. The van der Waals surface area contributed by atoms with Gasteiger partial charge in [0.1, 0.15) is 5.82 Å². The first-order valence-electron chi connectivity index (χ1n) is 5.28. The van der Waals surface area contributed by atoms with E-state index < -0.39 is 0 Å². The van der Waals surface area contributed by atoms with Gasteiger partial charge in [-0.3, -0.25) is 0 Å². The van der Waals surface area contributed by atoms with Gasteiger partial charge < -0.3 is 5.32 Å². The number of anilines is 1. The summed E-state index contributed by atoms with van der Waals surface area (Å²) in [5.41, 5.74) is 0.645. The van der Waals surface area contributed by atoms with Crippen LogP contribution in [0.3, 0.4) is 0 Å². The summed E-state index contributed by atoms with van der Waals surface area (Å²) in [4.78, 5) is 0. The molecule has 0 spiro atoms. The van der Waals surface area contributed by atoms with Crippen LogP contribution in [0.4, 0.5) is 10.1 Å². The number of hydrogen-bond donors (Lipinski definition) is 1. The lowest BCUT2D eigenvalue weighted by atomic mass is 10.1. The summed E-state index contributed by atoms with van der Waals surface area (Å²) in [5, 5.41) is 3.28.